The summed E-state index contributed by atoms with van der Waals surface area (Å²) in [6.07, 6.45) is 8.43. The highest BCUT2D eigenvalue weighted by Crippen LogP contribution is 2.18. The molecule has 1 amide bonds. The zero-order valence-electron chi connectivity index (χ0n) is 13.1. The molecule has 0 radical (unpaired) electrons. The van der Waals surface area contributed by atoms with Crippen LogP contribution in [0, 0.1) is 0 Å². The number of rotatable bonds is 4. The molecule has 7 nitrogen and oxygen atoms in total. The molecule has 23 heavy (non-hydrogen) atoms. The number of ether oxygens (including phenoxy) is 1. The van der Waals surface area contributed by atoms with E-state index >= 15 is 0 Å². The van der Waals surface area contributed by atoms with Crippen LogP contribution in [0.3, 0.4) is 0 Å². The van der Waals surface area contributed by atoms with Crippen LogP contribution in [0.1, 0.15) is 59.9 Å². The van der Waals surface area contributed by atoms with Crippen molar-refractivity contribution in [3.63, 3.8) is 0 Å². The van der Waals surface area contributed by atoms with E-state index in [0.717, 1.165) is 25.7 Å². The quantitative estimate of drug-likeness (QED) is 0.872. The summed E-state index contributed by atoms with van der Waals surface area (Å²) >= 11 is 0. The second-order valence-corrected chi connectivity index (χ2v) is 5.65. The van der Waals surface area contributed by atoms with Gasteiger partial charge in [-0.15, -0.1) is 0 Å². The third kappa shape index (κ3) is 3.18. The topological polar surface area (TPSA) is 85.6 Å². The van der Waals surface area contributed by atoms with Crippen molar-refractivity contribution in [3.8, 4) is 0 Å². The van der Waals surface area contributed by atoms with Gasteiger partial charge in [0.05, 0.1) is 12.8 Å². The van der Waals surface area contributed by atoms with Gasteiger partial charge in [0.1, 0.15) is 11.3 Å². The Morgan fingerprint density at radius 2 is 2.13 bits per heavy atom. The van der Waals surface area contributed by atoms with Crippen LogP contribution in [0.15, 0.2) is 18.5 Å². The molecule has 0 aromatic carbocycles. The summed E-state index contributed by atoms with van der Waals surface area (Å²) in [5.41, 5.74) is 0.968. The molecule has 3 rings (SSSR count). The zero-order chi connectivity index (χ0) is 16.2. The number of fused-ring (bicyclic) bond motifs is 1. The first kappa shape index (κ1) is 15.5. The number of nitrogens with zero attached hydrogens (tertiary/aromatic N) is 3. The molecular formula is C16H20N4O3. The molecule has 1 saturated carbocycles. The van der Waals surface area contributed by atoms with E-state index in [9.17, 15) is 9.59 Å². The maximum atomic E-state index is 12.5. The van der Waals surface area contributed by atoms with E-state index in [-0.39, 0.29) is 24.1 Å². The highest BCUT2D eigenvalue weighted by molar-refractivity contribution is 5.97. The van der Waals surface area contributed by atoms with Gasteiger partial charge in [-0.25, -0.2) is 14.3 Å². The fraction of sp³-hybridized carbons (Fsp3) is 0.500. The third-order valence-electron chi connectivity index (χ3n) is 4.07. The third-order valence-corrected chi connectivity index (χ3v) is 4.07. The molecule has 122 valence electrons. The summed E-state index contributed by atoms with van der Waals surface area (Å²) in [4.78, 5) is 28.6. The Hall–Kier alpha value is -2.44. The van der Waals surface area contributed by atoms with Crippen molar-refractivity contribution in [3.05, 3.63) is 29.7 Å². The molecule has 0 aliphatic heterocycles. The average Bonchev–Trinajstić information content (AvgIpc) is 3.00. The summed E-state index contributed by atoms with van der Waals surface area (Å²) in [5, 5.41) is 7.18. The number of aromatic nitrogens is 3. The van der Waals surface area contributed by atoms with Crippen LogP contribution in [-0.2, 0) is 4.74 Å². The molecule has 2 aromatic rings. The van der Waals surface area contributed by atoms with Crippen molar-refractivity contribution in [1.29, 1.82) is 0 Å². The van der Waals surface area contributed by atoms with Gasteiger partial charge in [0.2, 0.25) is 0 Å². The van der Waals surface area contributed by atoms with Crippen LogP contribution >= 0.6 is 0 Å². The number of hydrogen-bond acceptors (Lipinski definition) is 5. The van der Waals surface area contributed by atoms with Crippen LogP contribution in [-0.4, -0.2) is 39.1 Å². The van der Waals surface area contributed by atoms with E-state index in [2.05, 4.69) is 15.4 Å². The van der Waals surface area contributed by atoms with Crippen molar-refractivity contribution < 1.29 is 14.3 Å². The van der Waals surface area contributed by atoms with Crippen LogP contribution in [0.2, 0.25) is 0 Å². The maximum absolute atomic E-state index is 12.5. The number of amides is 1. The summed E-state index contributed by atoms with van der Waals surface area (Å²) < 4.78 is 6.38. The van der Waals surface area contributed by atoms with Crippen LogP contribution < -0.4 is 5.32 Å². The van der Waals surface area contributed by atoms with Gasteiger partial charge in [0.25, 0.3) is 5.91 Å². The Bertz CT molecular complexity index is 719. The number of carbonyl (C=O) groups is 2. The summed E-state index contributed by atoms with van der Waals surface area (Å²) in [7, 11) is 0. The Labute approximate surface area is 134 Å². The lowest BCUT2D eigenvalue weighted by Crippen LogP contribution is -2.37. The van der Waals surface area contributed by atoms with E-state index in [4.69, 9.17) is 4.74 Å². The highest BCUT2D eigenvalue weighted by Gasteiger charge is 2.21. The first-order chi connectivity index (χ1) is 11.2. The lowest BCUT2D eigenvalue weighted by atomic mass is 9.95. The largest absolute Gasteiger partial charge is 0.462 e. The minimum atomic E-state index is -0.486. The van der Waals surface area contributed by atoms with Gasteiger partial charge in [-0.3, -0.25) is 4.79 Å². The summed E-state index contributed by atoms with van der Waals surface area (Å²) in [6, 6.07) is 1.81. The Morgan fingerprint density at radius 3 is 2.87 bits per heavy atom. The number of esters is 1. The van der Waals surface area contributed by atoms with E-state index in [1.165, 1.54) is 23.3 Å². The molecule has 0 spiro atoms. The normalized spacial score (nSPS) is 15.5. The predicted molar refractivity (Wildman–Crippen MR) is 83.3 cm³/mol. The van der Waals surface area contributed by atoms with Gasteiger partial charge in [0, 0.05) is 12.2 Å². The Morgan fingerprint density at radius 1 is 1.35 bits per heavy atom. The monoisotopic (exact) mass is 316 g/mol. The predicted octanol–water partition coefficient (Wildman–Crippen LogP) is 1.97. The average molecular weight is 316 g/mol. The van der Waals surface area contributed by atoms with E-state index in [1.54, 1.807) is 13.0 Å². The molecule has 0 atom stereocenters. The Kier molecular flexibility index (Phi) is 4.55. The van der Waals surface area contributed by atoms with Crippen molar-refractivity contribution in [2.75, 3.05) is 6.61 Å². The molecule has 1 aliphatic carbocycles. The standard InChI is InChI=1S/C16H20N4O3/c1-2-23-16(22)12-10-18-20-13(8-9-17-14(12)20)15(21)19-11-6-4-3-5-7-11/h8-11H,2-7H2,1H3,(H,19,21). The number of hydrogen-bond donors (Lipinski definition) is 1. The first-order valence-electron chi connectivity index (χ1n) is 8.01. The fourth-order valence-corrected chi connectivity index (χ4v) is 2.92. The van der Waals surface area contributed by atoms with E-state index in [1.807, 2.05) is 0 Å². The SMILES string of the molecule is CCOC(=O)c1cnn2c(C(=O)NC3CCCCC3)ccnc12. The fourth-order valence-electron chi connectivity index (χ4n) is 2.92. The van der Waals surface area contributed by atoms with Crippen molar-refractivity contribution in [1.82, 2.24) is 19.9 Å². The minimum absolute atomic E-state index is 0.192. The van der Waals surface area contributed by atoms with Crippen LogP contribution in [0.25, 0.3) is 5.65 Å². The molecule has 7 heteroatoms. The van der Waals surface area contributed by atoms with Gasteiger partial charge in [0.15, 0.2) is 5.65 Å². The molecule has 1 N–H and O–H groups in total. The van der Waals surface area contributed by atoms with E-state index in [0.29, 0.717) is 11.3 Å². The van der Waals surface area contributed by atoms with Crippen LogP contribution in [0.4, 0.5) is 0 Å². The smallest absolute Gasteiger partial charge is 0.343 e. The zero-order valence-corrected chi connectivity index (χ0v) is 13.1. The van der Waals surface area contributed by atoms with Crippen LogP contribution in [0.5, 0.6) is 0 Å². The summed E-state index contributed by atoms with van der Waals surface area (Å²) in [6.45, 7) is 2.01. The van der Waals surface area contributed by atoms with Gasteiger partial charge in [-0.05, 0) is 25.8 Å². The molecule has 0 bridgehead atoms. The van der Waals surface area contributed by atoms with Crippen molar-refractivity contribution >= 4 is 17.5 Å². The lowest BCUT2D eigenvalue weighted by Gasteiger charge is -2.22. The van der Waals surface area contributed by atoms with E-state index < -0.39 is 5.97 Å². The Balaban J connectivity index is 1.86. The van der Waals surface area contributed by atoms with Crippen molar-refractivity contribution in [2.24, 2.45) is 0 Å². The van der Waals surface area contributed by atoms with Gasteiger partial charge in [-0.2, -0.15) is 5.10 Å². The summed E-state index contributed by atoms with van der Waals surface area (Å²) in [5.74, 6) is -0.678. The first-order valence-corrected chi connectivity index (χ1v) is 8.01. The maximum Gasteiger partial charge on any atom is 0.343 e. The molecule has 0 saturated heterocycles. The molecule has 2 aromatic heterocycles. The molecule has 1 fully saturated rings. The van der Waals surface area contributed by atoms with Gasteiger partial charge < -0.3 is 10.1 Å². The minimum Gasteiger partial charge on any atom is -0.462 e. The molecule has 0 unspecified atom stereocenters. The van der Waals surface area contributed by atoms with Gasteiger partial charge in [-0.1, -0.05) is 19.3 Å². The van der Waals surface area contributed by atoms with Crippen molar-refractivity contribution in [2.45, 2.75) is 45.1 Å². The molecule has 1 aliphatic rings. The molecule has 2 heterocycles. The highest BCUT2D eigenvalue weighted by atomic mass is 16.5. The van der Waals surface area contributed by atoms with Gasteiger partial charge >= 0.3 is 5.97 Å². The second-order valence-electron chi connectivity index (χ2n) is 5.65. The number of nitrogens with one attached hydrogen (secondary N) is 1. The molecular weight excluding hydrogens is 296 g/mol. The number of carbonyl (C=O) groups excluding carboxylic acids is 2. The second kappa shape index (κ2) is 6.76. The lowest BCUT2D eigenvalue weighted by molar-refractivity contribution is 0.0528.